The van der Waals surface area contributed by atoms with Crippen LogP contribution < -0.4 is 0 Å². The van der Waals surface area contributed by atoms with E-state index in [0.29, 0.717) is 12.3 Å². The summed E-state index contributed by atoms with van der Waals surface area (Å²) < 4.78 is 33.1. The molecule has 156 valence electrons. The van der Waals surface area contributed by atoms with Crippen molar-refractivity contribution in [3.8, 4) is 5.69 Å². The van der Waals surface area contributed by atoms with Crippen molar-refractivity contribution in [2.45, 2.75) is 63.8 Å². The SMILES string of the molecule is C[C@H](CCCO[Si](C)(C)C(C)(C)C)CS(=O)(=O)c1nnnn1-c1ccccc1. The van der Waals surface area contributed by atoms with E-state index >= 15 is 0 Å². The first kappa shape index (κ1) is 22.7. The van der Waals surface area contributed by atoms with Gasteiger partial charge in [0.15, 0.2) is 8.32 Å². The Kier molecular flexibility index (Phi) is 7.16. The minimum atomic E-state index is -3.59. The van der Waals surface area contributed by atoms with Crippen LogP contribution in [0.5, 0.6) is 0 Å². The molecule has 0 aliphatic heterocycles. The Morgan fingerprint density at radius 1 is 1.18 bits per heavy atom. The van der Waals surface area contributed by atoms with Crippen LogP contribution in [0.4, 0.5) is 0 Å². The Morgan fingerprint density at radius 2 is 1.82 bits per heavy atom. The number of hydrogen-bond acceptors (Lipinski definition) is 6. The molecule has 2 aromatic rings. The van der Waals surface area contributed by atoms with Crippen molar-refractivity contribution < 1.29 is 12.8 Å². The Bertz CT molecular complexity index is 861. The first-order chi connectivity index (χ1) is 12.9. The summed E-state index contributed by atoms with van der Waals surface area (Å²) in [5.74, 6) is 0.00857. The second kappa shape index (κ2) is 8.83. The van der Waals surface area contributed by atoms with Crippen molar-refractivity contribution in [1.29, 1.82) is 0 Å². The maximum Gasteiger partial charge on any atom is 0.272 e. The molecule has 0 unspecified atom stereocenters. The second-order valence-corrected chi connectivity index (χ2v) is 15.6. The number of tetrazole rings is 1. The Morgan fingerprint density at radius 3 is 2.43 bits per heavy atom. The number of benzene rings is 1. The topological polar surface area (TPSA) is 87.0 Å². The van der Waals surface area contributed by atoms with Gasteiger partial charge in [-0.1, -0.05) is 51.0 Å². The van der Waals surface area contributed by atoms with Crippen molar-refractivity contribution in [2.24, 2.45) is 5.92 Å². The monoisotopic (exact) mass is 424 g/mol. The molecule has 1 heterocycles. The number of hydrogen-bond donors (Lipinski definition) is 0. The van der Waals surface area contributed by atoms with E-state index in [1.807, 2.05) is 25.1 Å². The van der Waals surface area contributed by atoms with E-state index in [2.05, 4.69) is 49.4 Å². The van der Waals surface area contributed by atoms with Gasteiger partial charge in [0, 0.05) is 6.61 Å². The lowest BCUT2D eigenvalue weighted by Gasteiger charge is -2.36. The molecule has 0 bridgehead atoms. The van der Waals surface area contributed by atoms with Gasteiger partial charge in [0.1, 0.15) is 0 Å². The smallest absolute Gasteiger partial charge is 0.272 e. The van der Waals surface area contributed by atoms with Crippen LogP contribution in [0.3, 0.4) is 0 Å². The van der Waals surface area contributed by atoms with E-state index in [9.17, 15) is 8.42 Å². The van der Waals surface area contributed by atoms with E-state index in [4.69, 9.17) is 4.43 Å². The first-order valence-corrected chi connectivity index (χ1v) is 14.2. The number of sulfone groups is 1. The van der Waals surface area contributed by atoms with Crippen LogP contribution in [-0.2, 0) is 14.3 Å². The summed E-state index contributed by atoms with van der Waals surface area (Å²) in [6.07, 6.45) is 1.62. The minimum Gasteiger partial charge on any atom is -0.417 e. The van der Waals surface area contributed by atoms with Gasteiger partial charge in [-0.15, -0.1) is 0 Å². The molecule has 0 aliphatic rings. The average molecular weight is 425 g/mol. The van der Waals surface area contributed by atoms with Crippen molar-refractivity contribution in [3.63, 3.8) is 0 Å². The number of nitrogens with zero attached hydrogens (tertiary/aromatic N) is 4. The predicted molar refractivity (Wildman–Crippen MR) is 113 cm³/mol. The first-order valence-electron chi connectivity index (χ1n) is 9.64. The lowest BCUT2D eigenvalue weighted by molar-refractivity contribution is 0.272. The molecule has 1 aromatic heterocycles. The summed E-state index contributed by atoms with van der Waals surface area (Å²) in [6, 6.07) is 9.04. The van der Waals surface area contributed by atoms with Crippen LogP contribution in [0.2, 0.25) is 18.1 Å². The van der Waals surface area contributed by atoms with Gasteiger partial charge < -0.3 is 4.43 Å². The van der Waals surface area contributed by atoms with Crippen LogP contribution >= 0.6 is 0 Å². The van der Waals surface area contributed by atoms with Gasteiger partial charge in [0.05, 0.1) is 11.4 Å². The van der Waals surface area contributed by atoms with Gasteiger partial charge in [-0.05, 0) is 59.5 Å². The van der Waals surface area contributed by atoms with Crippen molar-refractivity contribution >= 4 is 18.2 Å². The molecule has 0 radical (unpaired) electrons. The van der Waals surface area contributed by atoms with E-state index in [1.165, 1.54) is 4.68 Å². The molecule has 9 heteroatoms. The number of rotatable bonds is 9. The molecule has 7 nitrogen and oxygen atoms in total. The molecule has 0 spiro atoms. The van der Waals surface area contributed by atoms with Gasteiger partial charge in [-0.3, -0.25) is 0 Å². The fourth-order valence-corrected chi connectivity index (χ4v) is 5.33. The summed E-state index contributed by atoms with van der Waals surface area (Å²) >= 11 is 0. The highest BCUT2D eigenvalue weighted by Gasteiger charge is 2.36. The van der Waals surface area contributed by atoms with E-state index in [0.717, 1.165) is 12.8 Å². The largest absolute Gasteiger partial charge is 0.417 e. The van der Waals surface area contributed by atoms with Gasteiger partial charge in [0.2, 0.25) is 9.84 Å². The molecule has 0 aliphatic carbocycles. The summed E-state index contributed by atoms with van der Waals surface area (Å²) in [4.78, 5) is 0. The third-order valence-electron chi connectivity index (χ3n) is 5.33. The molecule has 0 N–H and O–H groups in total. The zero-order chi connectivity index (χ0) is 21.0. The van der Waals surface area contributed by atoms with Crippen LogP contribution in [0.25, 0.3) is 5.69 Å². The van der Waals surface area contributed by atoms with Crippen LogP contribution in [-0.4, -0.2) is 49.3 Å². The van der Waals surface area contributed by atoms with Gasteiger partial charge in [-0.2, -0.15) is 4.68 Å². The summed E-state index contributed by atoms with van der Waals surface area (Å²) in [6.45, 7) is 13.7. The number of aromatic nitrogens is 4. The van der Waals surface area contributed by atoms with Gasteiger partial charge in [0.25, 0.3) is 5.16 Å². The van der Waals surface area contributed by atoms with E-state index in [-0.39, 0.29) is 21.9 Å². The fourth-order valence-electron chi connectivity index (χ4n) is 2.61. The van der Waals surface area contributed by atoms with Crippen LogP contribution in [0.1, 0.15) is 40.5 Å². The molecule has 0 fully saturated rings. The molecular formula is C19H32N4O3SSi. The van der Waals surface area contributed by atoms with Crippen LogP contribution in [0, 0.1) is 5.92 Å². The summed E-state index contributed by atoms with van der Waals surface area (Å²) in [5, 5.41) is 11.2. The molecule has 0 amide bonds. The zero-order valence-corrected chi connectivity index (χ0v) is 19.5. The quantitative estimate of drug-likeness (QED) is 0.448. The van der Waals surface area contributed by atoms with Crippen molar-refractivity contribution in [2.75, 3.05) is 12.4 Å². The standard InChI is InChI=1S/C19H32N4O3SSi/c1-16(11-10-14-26-28(5,6)19(2,3)4)15-27(24,25)18-20-21-22-23(18)17-12-8-7-9-13-17/h7-9,12-13,16H,10-11,14-15H2,1-6H3/t16-/m1/s1. The maximum atomic E-state index is 12.8. The Hall–Kier alpha value is -1.58. The van der Waals surface area contributed by atoms with E-state index in [1.54, 1.807) is 12.1 Å². The highest BCUT2D eigenvalue weighted by Crippen LogP contribution is 2.36. The fraction of sp³-hybridized carbons (Fsp3) is 0.632. The molecule has 1 aromatic carbocycles. The minimum absolute atomic E-state index is 0.00561. The summed E-state index contributed by atoms with van der Waals surface area (Å²) in [7, 11) is -5.35. The molecular weight excluding hydrogens is 392 g/mol. The lowest BCUT2D eigenvalue weighted by Crippen LogP contribution is -2.41. The Balaban J connectivity index is 1.94. The highest BCUT2D eigenvalue weighted by atomic mass is 32.2. The zero-order valence-electron chi connectivity index (χ0n) is 17.7. The predicted octanol–water partition coefficient (Wildman–Crippen LogP) is 3.87. The Labute approximate surface area is 169 Å². The normalized spacial score (nSPS) is 14.2. The van der Waals surface area contributed by atoms with Crippen molar-refractivity contribution in [1.82, 2.24) is 20.2 Å². The summed E-state index contributed by atoms with van der Waals surface area (Å²) in [5.41, 5.74) is 0.626. The molecule has 0 saturated carbocycles. The third kappa shape index (κ3) is 5.71. The molecule has 28 heavy (non-hydrogen) atoms. The molecule has 0 saturated heterocycles. The van der Waals surface area contributed by atoms with Crippen LogP contribution in [0.15, 0.2) is 35.5 Å². The van der Waals surface area contributed by atoms with Gasteiger partial charge in [-0.25, -0.2) is 8.42 Å². The average Bonchev–Trinajstić information content (AvgIpc) is 3.09. The molecule has 1 atom stereocenters. The third-order valence-corrected chi connectivity index (χ3v) is 11.7. The van der Waals surface area contributed by atoms with E-state index < -0.39 is 18.2 Å². The molecule has 2 rings (SSSR count). The highest BCUT2D eigenvalue weighted by molar-refractivity contribution is 7.91. The second-order valence-electron chi connectivity index (χ2n) is 8.85. The van der Waals surface area contributed by atoms with Crippen molar-refractivity contribution in [3.05, 3.63) is 30.3 Å². The van der Waals surface area contributed by atoms with Gasteiger partial charge >= 0.3 is 0 Å². The lowest BCUT2D eigenvalue weighted by atomic mass is 10.1. The maximum absolute atomic E-state index is 12.8. The number of para-hydroxylation sites is 1.